The van der Waals surface area contributed by atoms with E-state index < -0.39 is 6.10 Å². The van der Waals surface area contributed by atoms with E-state index in [-0.39, 0.29) is 5.91 Å². The van der Waals surface area contributed by atoms with Crippen molar-refractivity contribution in [1.29, 1.82) is 0 Å². The van der Waals surface area contributed by atoms with Crippen LogP contribution in [0.15, 0.2) is 0 Å². The third kappa shape index (κ3) is 7.29. The smallest absolute Gasteiger partial charge is 0.243 e. The van der Waals surface area contributed by atoms with E-state index in [4.69, 9.17) is 5.11 Å². The fourth-order valence-corrected chi connectivity index (χ4v) is 0.544. The molecule has 0 bridgehead atoms. The molecule has 11 heavy (non-hydrogen) atoms. The van der Waals surface area contributed by atoms with E-state index in [1.807, 2.05) is 0 Å². The molecule has 2 N–H and O–H groups in total. The summed E-state index contributed by atoms with van der Waals surface area (Å²) < 4.78 is 0. The molecule has 0 aliphatic heterocycles. The minimum absolute atomic E-state index is 0.187. The van der Waals surface area contributed by atoms with Gasteiger partial charge >= 0.3 is 0 Å². The summed E-state index contributed by atoms with van der Waals surface area (Å²) in [4.78, 5) is 15.4. The lowest BCUT2D eigenvalue weighted by molar-refractivity contribution is -0.133. The van der Waals surface area contributed by atoms with E-state index in [1.54, 1.807) is 13.8 Å². The van der Waals surface area contributed by atoms with Crippen LogP contribution in [0.3, 0.4) is 0 Å². The van der Waals surface area contributed by atoms with Crippen molar-refractivity contribution in [2.24, 2.45) is 0 Å². The highest BCUT2D eigenvalue weighted by atomic mass is 16.6. The highest BCUT2D eigenvalue weighted by Gasteiger charge is 2.02. The van der Waals surface area contributed by atoms with E-state index >= 15 is 0 Å². The SMILES string of the molecule is CCONC(=O)CCC(C)O. The van der Waals surface area contributed by atoms with Gasteiger partial charge in [-0.1, -0.05) is 0 Å². The first-order valence-electron chi connectivity index (χ1n) is 3.75. The molecule has 0 aromatic heterocycles. The summed E-state index contributed by atoms with van der Waals surface area (Å²) >= 11 is 0. The Bertz CT molecular complexity index is 114. The van der Waals surface area contributed by atoms with E-state index in [9.17, 15) is 4.79 Å². The zero-order valence-electron chi connectivity index (χ0n) is 6.96. The van der Waals surface area contributed by atoms with Gasteiger partial charge in [-0.3, -0.25) is 9.63 Å². The van der Waals surface area contributed by atoms with Crippen molar-refractivity contribution < 1.29 is 14.7 Å². The number of aliphatic hydroxyl groups excluding tert-OH is 1. The van der Waals surface area contributed by atoms with Gasteiger partial charge in [0.05, 0.1) is 12.7 Å². The number of rotatable bonds is 5. The largest absolute Gasteiger partial charge is 0.393 e. The summed E-state index contributed by atoms with van der Waals surface area (Å²) in [5.74, 6) is -0.187. The first-order chi connectivity index (χ1) is 5.16. The van der Waals surface area contributed by atoms with Gasteiger partial charge in [-0.05, 0) is 20.3 Å². The highest BCUT2D eigenvalue weighted by molar-refractivity contribution is 5.74. The average molecular weight is 161 g/mol. The van der Waals surface area contributed by atoms with Crippen molar-refractivity contribution in [3.05, 3.63) is 0 Å². The molecule has 0 radical (unpaired) electrons. The predicted octanol–water partition coefficient (Wildman–Crippen LogP) is 0.215. The van der Waals surface area contributed by atoms with Crippen LogP contribution in [0.1, 0.15) is 26.7 Å². The van der Waals surface area contributed by atoms with Gasteiger partial charge in [-0.25, -0.2) is 5.48 Å². The summed E-state index contributed by atoms with van der Waals surface area (Å²) in [5.41, 5.74) is 2.24. The second kappa shape index (κ2) is 6.12. The Balaban J connectivity index is 3.23. The van der Waals surface area contributed by atoms with Crippen LogP contribution < -0.4 is 5.48 Å². The maximum atomic E-state index is 10.8. The Morgan fingerprint density at radius 1 is 1.73 bits per heavy atom. The van der Waals surface area contributed by atoms with Crippen LogP contribution in [-0.4, -0.2) is 23.7 Å². The molecule has 1 unspecified atom stereocenters. The number of aliphatic hydroxyl groups is 1. The Kier molecular flexibility index (Phi) is 5.78. The first kappa shape index (κ1) is 10.4. The van der Waals surface area contributed by atoms with Crippen molar-refractivity contribution in [2.75, 3.05) is 6.61 Å². The maximum absolute atomic E-state index is 10.8. The molecule has 0 fully saturated rings. The Morgan fingerprint density at radius 3 is 2.82 bits per heavy atom. The van der Waals surface area contributed by atoms with Gasteiger partial charge in [0.1, 0.15) is 0 Å². The summed E-state index contributed by atoms with van der Waals surface area (Å²) in [6.07, 6.45) is 0.346. The van der Waals surface area contributed by atoms with Crippen LogP contribution in [0.4, 0.5) is 0 Å². The molecule has 0 aliphatic rings. The molecule has 66 valence electrons. The molecule has 0 aliphatic carbocycles. The number of amides is 1. The molecule has 0 saturated heterocycles. The van der Waals surface area contributed by atoms with Gasteiger partial charge in [-0.2, -0.15) is 0 Å². The van der Waals surface area contributed by atoms with Crippen molar-refractivity contribution in [3.63, 3.8) is 0 Å². The van der Waals surface area contributed by atoms with Gasteiger partial charge in [0.25, 0.3) is 0 Å². The summed E-state index contributed by atoms with van der Waals surface area (Å²) in [7, 11) is 0. The van der Waals surface area contributed by atoms with Crippen molar-refractivity contribution in [3.8, 4) is 0 Å². The Labute approximate surface area is 66.5 Å². The lowest BCUT2D eigenvalue weighted by Crippen LogP contribution is -2.24. The van der Waals surface area contributed by atoms with Crippen LogP contribution in [0.5, 0.6) is 0 Å². The molecule has 4 heteroatoms. The fourth-order valence-electron chi connectivity index (χ4n) is 0.544. The van der Waals surface area contributed by atoms with Crippen LogP contribution >= 0.6 is 0 Å². The molecular formula is C7H15NO3. The molecule has 1 atom stereocenters. The molecule has 0 aromatic carbocycles. The average Bonchev–Trinajstić information content (AvgIpc) is 1.97. The molecule has 0 aromatic rings. The predicted molar refractivity (Wildman–Crippen MR) is 40.7 cm³/mol. The topological polar surface area (TPSA) is 58.6 Å². The quantitative estimate of drug-likeness (QED) is 0.567. The Hall–Kier alpha value is -0.610. The minimum Gasteiger partial charge on any atom is -0.393 e. The van der Waals surface area contributed by atoms with Crippen molar-refractivity contribution in [1.82, 2.24) is 5.48 Å². The molecule has 0 spiro atoms. The van der Waals surface area contributed by atoms with Crippen LogP contribution in [0.2, 0.25) is 0 Å². The zero-order chi connectivity index (χ0) is 8.69. The van der Waals surface area contributed by atoms with Crippen molar-refractivity contribution >= 4 is 5.91 Å². The van der Waals surface area contributed by atoms with Gasteiger partial charge in [0.15, 0.2) is 0 Å². The van der Waals surface area contributed by atoms with Crippen LogP contribution in [-0.2, 0) is 9.63 Å². The van der Waals surface area contributed by atoms with E-state index in [1.165, 1.54) is 0 Å². The first-order valence-corrected chi connectivity index (χ1v) is 3.75. The second-order valence-corrected chi connectivity index (χ2v) is 2.35. The number of carbonyl (C=O) groups is 1. The minimum atomic E-state index is -0.428. The number of nitrogens with one attached hydrogen (secondary N) is 1. The van der Waals surface area contributed by atoms with Gasteiger partial charge in [-0.15, -0.1) is 0 Å². The lowest BCUT2D eigenvalue weighted by Gasteiger charge is -2.04. The van der Waals surface area contributed by atoms with Crippen LogP contribution in [0, 0.1) is 0 Å². The van der Waals surface area contributed by atoms with E-state index in [0.717, 1.165) is 0 Å². The van der Waals surface area contributed by atoms with Gasteiger partial charge < -0.3 is 5.11 Å². The van der Waals surface area contributed by atoms with Gasteiger partial charge in [0, 0.05) is 6.42 Å². The molecule has 4 nitrogen and oxygen atoms in total. The molecule has 0 rings (SSSR count). The summed E-state index contributed by atoms with van der Waals surface area (Å²) in [6.45, 7) is 3.89. The maximum Gasteiger partial charge on any atom is 0.243 e. The standard InChI is InChI=1S/C7H15NO3/c1-3-11-8-7(10)5-4-6(2)9/h6,9H,3-5H2,1-2H3,(H,8,10). The number of carbonyl (C=O) groups excluding carboxylic acids is 1. The normalized spacial score (nSPS) is 12.6. The number of hydrogen-bond acceptors (Lipinski definition) is 3. The second-order valence-electron chi connectivity index (χ2n) is 2.35. The van der Waals surface area contributed by atoms with Gasteiger partial charge in [0.2, 0.25) is 5.91 Å². The zero-order valence-corrected chi connectivity index (χ0v) is 6.96. The Morgan fingerprint density at radius 2 is 2.36 bits per heavy atom. The van der Waals surface area contributed by atoms with Crippen LogP contribution in [0.25, 0.3) is 0 Å². The third-order valence-corrected chi connectivity index (χ3v) is 1.12. The number of hydrogen-bond donors (Lipinski definition) is 2. The third-order valence-electron chi connectivity index (χ3n) is 1.12. The number of hydroxylamine groups is 1. The molecule has 0 heterocycles. The van der Waals surface area contributed by atoms with E-state index in [2.05, 4.69) is 10.3 Å². The summed E-state index contributed by atoms with van der Waals surface area (Å²) in [5, 5.41) is 8.81. The lowest BCUT2D eigenvalue weighted by atomic mass is 10.2. The monoisotopic (exact) mass is 161 g/mol. The molecule has 0 saturated carbocycles. The summed E-state index contributed by atoms with van der Waals surface area (Å²) in [6, 6.07) is 0. The fraction of sp³-hybridized carbons (Fsp3) is 0.857. The molecule has 1 amide bonds. The van der Waals surface area contributed by atoms with E-state index in [0.29, 0.717) is 19.4 Å². The highest BCUT2D eigenvalue weighted by Crippen LogP contribution is 1.94. The van der Waals surface area contributed by atoms with Crippen molar-refractivity contribution in [2.45, 2.75) is 32.8 Å². The molecular weight excluding hydrogens is 146 g/mol.